The van der Waals surface area contributed by atoms with Crippen LogP contribution in [0.3, 0.4) is 0 Å². The van der Waals surface area contributed by atoms with Crippen molar-refractivity contribution < 1.29 is 33.3 Å². The van der Waals surface area contributed by atoms with E-state index >= 15 is 0 Å². The first-order chi connectivity index (χ1) is 11.9. The fraction of sp³-hybridized carbons (Fsp3) is 0.529. The Morgan fingerprint density at radius 3 is 2.80 bits per heavy atom. The molecule has 1 aliphatic heterocycles. The summed E-state index contributed by atoms with van der Waals surface area (Å²) in [5, 5.41) is 11.7. The average Bonchev–Trinajstić information content (AvgIpc) is 3.10. The summed E-state index contributed by atoms with van der Waals surface area (Å²) in [5.41, 5.74) is 0.102. The van der Waals surface area contributed by atoms with Gasteiger partial charge in [-0.05, 0) is 37.5 Å². The van der Waals surface area contributed by atoms with Gasteiger partial charge in [0.2, 0.25) is 5.91 Å². The van der Waals surface area contributed by atoms with Crippen LogP contribution in [-0.2, 0) is 19.1 Å². The zero-order valence-corrected chi connectivity index (χ0v) is 14.2. The van der Waals surface area contributed by atoms with Gasteiger partial charge in [0.25, 0.3) is 0 Å². The van der Waals surface area contributed by atoms with Crippen molar-refractivity contribution in [1.82, 2.24) is 5.32 Å². The van der Waals surface area contributed by atoms with Crippen LogP contribution in [0.2, 0.25) is 0 Å². The number of benzene rings is 1. The molecule has 25 heavy (non-hydrogen) atoms. The van der Waals surface area contributed by atoms with E-state index in [-0.39, 0.29) is 24.0 Å². The molecule has 1 fully saturated rings. The minimum atomic E-state index is -1.39. The molecule has 0 aliphatic carbocycles. The van der Waals surface area contributed by atoms with Gasteiger partial charge in [-0.2, -0.15) is 0 Å². The highest BCUT2D eigenvalue weighted by Gasteiger charge is 2.27. The van der Waals surface area contributed by atoms with Crippen molar-refractivity contribution >= 4 is 11.9 Å². The predicted molar refractivity (Wildman–Crippen MR) is 85.9 cm³/mol. The van der Waals surface area contributed by atoms with Crippen molar-refractivity contribution in [3.63, 3.8) is 0 Å². The van der Waals surface area contributed by atoms with Crippen LogP contribution in [0.25, 0.3) is 0 Å². The summed E-state index contributed by atoms with van der Waals surface area (Å²) in [6.07, 6.45) is 0.936. The highest BCUT2D eigenvalue weighted by Crippen LogP contribution is 2.22. The van der Waals surface area contributed by atoms with E-state index in [0.717, 1.165) is 18.9 Å². The Morgan fingerprint density at radius 2 is 2.24 bits per heavy atom. The van der Waals surface area contributed by atoms with Crippen LogP contribution in [-0.4, -0.2) is 49.5 Å². The second-order valence-corrected chi connectivity index (χ2v) is 5.78. The molecule has 138 valence electrons. The first kappa shape index (κ1) is 19.1. The summed E-state index contributed by atoms with van der Waals surface area (Å²) < 4.78 is 29.4. The third-order valence-electron chi connectivity index (χ3n) is 3.97. The van der Waals surface area contributed by atoms with Crippen molar-refractivity contribution in [2.45, 2.75) is 38.0 Å². The fourth-order valence-electron chi connectivity index (χ4n) is 2.51. The number of carbonyl (C=O) groups is 2. The number of hydrogen-bond acceptors (Lipinski definition) is 5. The second kappa shape index (κ2) is 8.77. The number of carboxylic acids is 1. The fourth-order valence-corrected chi connectivity index (χ4v) is 2.51. The van der Waals surface area contributed by atoms with Gasteiger partial charge in [-0.15, -0.1) is 0 Å². The van der Waals surface area contributed by atoms with Gasteiger partial charge in [-0.25, -0.2) is 9.18 Å². The lowest BCUT2D eigenvalue weighted by Crippen LogP contribution is -2.41. The van der Waals surface area contributed by atoms with Gasteiger partial charge in [-0.3, -0.25) is 4.79 Å². The molecular formula is C17H22FNO6. The van der Waals surface area contributed by atoms with E-state index in [0.29, 0.717) is 6.61 Å². The van der Waals surface area contributed by atoms with Crippen molar-refractivity contribution in [1.29, 1.82) is 0 Å². The molecule has 1 heterocycles. The van der Waals surface area contributed by atoms with Crippen molar-refractivity contribution in [2.75, 3.05) is 20.3 Å². The van der Waals surface area contributed by atoms with Crippen LogP contribution < -0.4 is 10.1 Å². The molecule has 3 unspecified atom stereocenters. The van der Waals surface area contributed by atoms with E-state index < -0.39 is 29.8 Å². The molecule has 8 heteroatoms. The molecule has 0 aromatic heterocycles. The number of hydrogen-bond donors (Lipinski definition) is 2. The SMILES string of the molecule is COc1ccc(C(NC(=O)C(C)OCC2CCCO2)C(=O)O)cc1F. The third-order valence-corrected chi connectivity index (χ3v) is 3.97. The maximum Gasteiger partial charge on any atom is 0.330 e. The molecule has 0 saturated carbocycles. The van der Waals surface area contributed by atoms with E-state index in [4.69, 9.17) is 14.2 Å². The topological polar surface area (TPSA) is 94.1 Å². The smallest absolute Gasteiger partial charge is 0.330 e. The number of ether oxygens (including phenoxy) is 3. The molecule has 3 atom stereocenters. The molecule has 1 aliphatic rings. The molecule has 7 nitrogen and oxygen atoms in total. The van der Waals surface area contributed by atoms with Gasteiger partial charge < -0.3 is 24.6 Å². The number of carbonyl (C=O) groups excluding carboxylic acids is 1. The van der Waals surface area contributed by atoms with Crippen LogP contribution >= 0.6 is 0 Å². The molecule has 1 aromatic rings. The number of halogens is 1. The molecule has 0 bridgehead atoms. The minimum absolute atomic E-state index is 0.00696. The first-order valence-corrected chi connectivity index (χ1v) is 8.02. The van der Waals surface area contributed by atoms with Crippen LogP contribution in [0.4, 0.5) is 4.39 Å². The maximum absolute atomic E-state index is 13.8. The number of amides is 1. The number of methoxy groups -OCH3 is 1. The summed E-state index contributed by atoms with van der Waals surface area (Å²) in [6, 6.07) is 2.33. The summed E-state index contributed by atoms with van der Waals surface area (Å²) in [7, 11) is 1.31. The zero-order chi connectivity index (χ0) is 18.4. The molecule has 0 spiro atoms. The van der Waals surface area contributed by atoms with E-state index in [1.807, 2.05) is 0 Å². The molecule has 1 amide bonds. The summed E-state index contributed by atoms with van der Waals surface area (Å²) in [6.45, 7) is 2.47. The Hall–Kier alpha value is -2.19. The van der Waals surface area contributed by atoms with Gasteiger partial charge in [0.1, 0.15) is 6.10 Å². The molecule has 0 radical (unpaired) electrons. The lowest BCUT2D eigenvalue weighted by molar-refractivity contribution is -0.145. The van der Waals surface area contributed by atoms with Crippen molar-refractivity contribution in [3.05, 3.63) is 29.6 Å². The van der Waals surface area contributed by atoms with Gasteiger partial charge in [0.05, 0.1) is 19.8 Å². The number of aliphatic carboxylic acids is 1. The quantitative estimate of drug-likeness (QED) is 0.737. The third kappa shape index (κ3) is 5.14. The van der Waals surface area contributed by atoms with E-state index in [9.17, 15) is 19.1 Å². The Balaban J connectivity index is 1.98. The maximum atomic E-state index is 13.8. The molecule has 2 rings (SSSR count). The Morgan fingerprint density at radius 1 is 1.48 bits per heavy atom. The van der Waals surface area contributed by atoms with Gasteiger partial charge in [0, 0.05) is 6.61 Å². The summed E-state index contributed by atoms with van der Waals surface area (Å²) >= 11 is 0. The van der Waals surface area contributed by atoms with Gasteiger partial charge >= 0.3 is 5.97 Å². The number of rotatable bonds is 8. The van der Waals surface area contributed by atoms with E-state index in [1.54, 1.807) is 0 Å². The molecule has 1 aromatic carbocycles. The van der Waals surface area contributed by atoms with E-state index in [1.165, 1.54) is 26.2 Å². The minimum Gasteiger partial charge on any atom is -0.494 e. The summed E-state index contributed by atoms with van der Waals surface area (Å²) in [4.78, 5) is 23.6. The van der Waals surface area contributed by atoms with Crippen LogP contribution in [0.1, 0.15) is 31.4 Å². The van der Waals surface area contributed by atoms with Crippen molar-refractivity contribution in [2.24, 2.45) is 0 Å². The molecule has 2 N–H and O–H groups in total. The average molecular weight is 355 g/mol. The van der Waals surface area contributed by atoms with Crippen LogP contribution in [0, 0.1) is 5.82 Å². The second-order valence-electron chi connectivity index (χ2n) is 5.78. The highest BCUT2D eigenvalue weighted by atomic mass is 19.1. The lowest BCUT2D eigenvalue weighted by Gasteiger charge is -2.20. The van der Waals surface area contributed by atoms with Crippen molar-refractivity contribution in [3.8, 4) is 5.75 Å². The van der Waals surface area contributed by atoms with Gasteiger partial charge in [-0.1, -0.05) is 6.07 Å². The number of nitrogens with one attached hydrogen (secondary N) is 1. The largest absolute Gasteiger partial charge is 0.494 e. The monoisotopic (exact) mass is 355 g/mol. The van der Waals surface area contributed by atoms with Gasteiger partial charge in [0.15, 0.2) is 17.6 Å². The highest BCUT2D eigenvalue weighted by molar-refractivity contribution is 5.86. The Bertz CT molecular complexity index is 617. The lowest BCUT2D eigenvalue weighted by atomic mass is 10.1. The number of carboxylic acid groups (broad SMARTS) is 1. The van der Waals surface area contributed by atoms with Crippen LogP contribution in [0.5, 0.6) is 5.75 Å². The Kier molecular flexibility index (Phi) is 6.72. The normalized spacial score (nSPS) is 19.2. The van der Waals surface area contributed by atoms with Crippen LogP contribution in [0.15, 0.2) is 18.2 Å². The zero-order valence-electron chi connectivity index (χ0n) is 14.2. The standard InChI is InChI=1S/C17H22FNO6/c1-10(25-9-12-4-3-7-24-12)16(20)19-15(17(21)22)11-5-6-14(23-2)13(18)8-11/h5-6,8,10,12,15H,3-4,7,9H2,1-2H3,(H,19,20)(H,21,22). The predicted octanol–water partition coefficient (Wildman–Crippen LogP) is 1.66. The molecule has 1 saturated heterocycles. The van der Waals surface area contributed by atoms with E-state index in [2.05, 4.69) is 5.32 Å². The Labute approximate surface area is 145 Å². The molecular weight excluding hydrogens is 333 g/mol. The summed E-state index contributed by atoms with van der Waals surface area (Å²) in [5.74, 6) is -2.61. The first-order valence-electron chi connectivity index (χ1n) is 8.02.